The van der Waals surface area contributed by atoms with Crippen LogP contribution in [-0.2, 0) is 16.1 Å². The number of fused-ring (bicyclic) bond motifs is 1. The molecule has 2 aliphatic rings. The summed E-state index contributed by atoms with van der Waals surface area (Å²) < 4.78 is 5.42. The molecule has 1 atom stereocenters. The van der Waals surface area contributed by atoms with Crippen LogP contribution in [0.3, 0.4) is 0 Å². The third-order valence-electron chi connectivity index (χ3n) is 6.68. The number of carbonyl (C=O) groups excluding carboxylic acids is 2. The van der Waals surface area contributed by atoms with Crippen molar-refractivity contribution >= 4 is 40.7 Å². The Balaban J connectivity index is 1.36. The minimum atomic E-state index is -0.372. The second-order valence-corrected chi connectivity index (χ2v) is 11.1. The molecule has 2 amide bonds. The molecule has 1 fully saturated rings. The fourth-order valence-electron chi connectivity index (χ4n) is 4.62. The number of aryl methyl sites for hydroxylation is 2. The second kappa shape index (κ2) is 10.7. The first-order chi connectivity index (χ1) is 17.8. The maximum Gasteiger partial charge on any atom is 0.254 e. The summed E-state index contributed by atoms with van der Waals surface area (Å²) in [4.78, 5) is 41.8. The van der Waals surface area contributed by atoms with Crippen molar-refractivity contribution in [3.05, 3.63) is 56.1 Å². The molecule has 0 aliphatic carbocycles. The summed E-state index contributed by atoms with van der Waals surface area (Å²) in [5.41, 5.74) is 3.79. The molecule has 1 unspecified atom stereocenters. The van der Waals surface area contributed by atoms with Gasteiger partial charge >= 0.3 is 0 Å². The minimum Gasteiger partial charge on any atom is -0.381 e. The average Bonchev–Trinajstić information content (AvgIpc) is 3.38. The maximum absolute atomic E-state index is 13.4. The van der Waals surface area contributed by atoms with E-state index in [1.165, 1.54) is 6.92 Å². The van der Waals surface area contributed by atoms with Gasteiger partial charge in [0.1, 0.15) is 5.01 Å². The normalized spacial score (nSPS) is 16.5. The van der Waals surface area contributed by atoms with E-state index in [-0.39, 0.29) is 23.9 Å². The Bertz CT molecular complexity index is 1320. The Labute approximate surface area is 224 Å². The molecule has 2 aliphatic heterocycles. The van der Waals surface area contributed by atoms with Crippen LogP contribution >= 0.6 is 22.9 Å². The molecule has 0 bridgehead atoms. The molecular weight excluding hydrogens is 512 g/mol. The molecular formula is C26H29ClN6O3S. The summed E-state index contributed by atoms with van der Waals surface area (Å²) in [6, 6.07) is 5.59. The number of nitrogens with one attached hydrogen (secondary N) is 2. The van der Waals surface area contributed by atoms with E-state index in [9.17, 15) is 9.59 Å². The van der Waals surface area contributed by atoms with Crippen molar-refractivity contribution in [2.24, 2.45) is 0 Å². The first kappa shape index (κ1) is 25.6. The van der Waals surface area contributed by atoms with E-state index in [0.717, 1.165) is 39.5 Å². The quantitative estimate of drug-likeness (QED) is 0.460. The van der Waals surface area contributed by atoms with Gasteiger partial charge in [0.15, 0.2) is 0 Å². The summed E-state index contributed by atoms with van der Waals surface area (Å²) in [6.07, 6.45) is 3.37. The molecule has 2 aromatic heterocycles. The highest BCUT2D eigenvalue weighted by Crippen LogP contribution is 2.33. The van der Waals surface area contributed by atoms with Gasteiger partial charge in [-0.3, -0.25) is 9.59 Å². The van der Waals surface area contributed by atoms with Crippen LogP contribution < -0.4 is 10.6 Å². The SMILES string of the molecule is CC(=O)NC(CN1Cc2ccc(-c3nc(NC4CCOCC4)ncc3Cl)cc2C1=O)c1nc(C)c(C)s1. The average molecular weight is 541 g/mol. The number of hydrogen-bond donors (Lipinski definition) is 2. The van der Waals surface area contributed by atoms with Gasteiger partial charge in [-0.15, -0.1) is 11.3 Å². The van der Waals surface area contributed by atoms with Gasteiger partial charge in [0.2, 0.25) is 11.9 Å². The highest BCUT2D eigenvalue weighted by atomic mass is 35.5. The summed E-state index contributed by atoms with van der Waals surface area (Å²) in [7, 11) is 0. The number of benzene rings is 1. The Hall–Kier alpha value is -3.08. The Morgan fingerprint density at radius 2 is 2.05 bits per heavy atom. The summed E-state index contributed by atoms with van der Waals surface area (Å²) in [5, 5.41) is 7.55. The van der Waals surface area contributed by atoms with Gasteiger partial charge in [-0.25, -0.2) is 15.0 Å². The lowest BCUT2D eigenvalue weighted by atomic mass is 10.0. The number of nitrogens with zero attached hydrogens (tertiary/aromatic N) is 4. The predicted octanol–water partition coefficient (Wildman–Crippen LogP) is 4.29. The number of hydrogen-bond acceptors (Lipinski definition) is 8. The van der Waals surface area contributed by atoms with E-state index < -0.39 is 0 Å². The van der Waals surface area contributed by atoms with Crippen LogP contribution in [0.15, 0.2) is 24.4 Å². The minimum absolute atomic E-state index is 0.0945. The first-order valence-electron chi connectivity index (χ1n) is 12.3. The molecule has 1 saturated heterocycles. The van der Waals surface area contributed by atoms with Gasteiger partial charge in [-0.2, -0.15) is 0 Å². The number of ether oxygens (including phenoxy) is 1. The van der Waals surface area contributed by atoms with Crippen LogP contribution in [0.4, 0.5) is 5.95 Å². The van der Waals surface area contributed by atoms with Gasteiger partial charge in [0, 0.05) is 55.3 Å². The van der Waals surface area contributed by atoms with E-state index in [1.807, 2.05) is 32.0 Å². The molecule has 194 valence electrons. The monoisotopic (exact) mass is 540 g/mol. The highest BCUT2D eigenvalue weighted by Gasteiger charge is 2.31. The maximum atomic E-state index is 13.4. The molecule has 0 radical (unpaired) electrons. The fourth-order valence-corrected chi connectivity index (χ4v) is 5.78. The zero-order valence-electron chi connectivity index (χ0n) is 21.0. The van der Waals surface area contributed by atoms with Crippen LogP contribution in [0.1, 0.15) is 57.3 Å². The smallest absolute Gasteiger partial charge is 0.254 e. The number of thiazole rings is 1. The largest absolute Gasteiger partial charge is 0.381 e. The number of carbonyl (C=O) groups is 2. The van der Waals surface area contributed by atoms with Gasteiger partial charge in [0.25, 0.3) is 5.91 Å². The van der Waals surface area contributed by atoms with Gasteiger partial charge in [-0.1, -0.05) is 23.7 Å². The van der Waals surface area contributed by atoms with Crippen LogP contribution in [0.5, 0.6) is 0 Å². The molecule has 5 rings (SSSR count). The van der Waals surface area contributed by atoms with E-state index in [1.54, 1.807) is 22.4 Å². The predicted molar refractivity (Wildman–Crippen MR) is 143 cm³/mol. The van der Waals surface area contributed by atoms with E-state index >= 15 is 0 Å². The van der Waals surface area contributed by atoms with E-state index in [4.69, 9.17) is 16.3 Å². The van der Waals surface area contributed by atoms with Crippen molar-refractivity contribution < 1.29 is 14.3 Å². The van der Waals surface area contributed by atoms with Crippen LogP contribution in [0.25, 0.3) is 11.3 Å². The lowest BCUT2D eigenvalue weighted by Crippen LogP contribution is -2.37. The summed E-state index contributed by atoms with van der Waals surface area (Å²) in [6.45, 7) is 7.65. The molecule has 0 saturated carbocycles. The molecule has 1 aromatic carbocycles. The van der Waals surface area contributed by atoms with Crippen molar-refractivity contribution in [3.63, 3.8) is 0 Å². The van der Waals surface area contributed by atoms with Crippen molar-refractivity contribution in [2.45, 2.75) is 52.2 Å². The standard InChI is InChI=1S/C26H29ClN6O3S/c1-14-15(2)37-24(29-14)22(30-16(3)34)13-33-12-18-5-4-17(10-20(18)25(33)35)23-21(27)11-28-26(32-23)31-19-6-8-36-9-7-19/h4-5,10-11,19,22H,6-9,12-13H2,1-3H3,(H,30,34)(H,28,31,32). The van der Waals surface area contributed by atoms with E-state index in [0.29, 0.717) is 48.5 Å². The molecule has 37 heavy (non-hydrogen) atoms. The van der Waals surface area contributed by atoms with Crippen molar-refractivity contribution in [1.82, 2.24) is 25.2 Å². The third kappa shape index (κ3) is 5.61. The Morgan fingerprint density at radius 1 is 1.27 bits per heavy atom. The highest BCUT2D eigenvalue weighted by molar-refractivity contribution is 7.11. The van der Waals surface area contributed by atoms with Crippen LogP contribution in [0.2, 0.25) is 5.02 Å². The van der Waals surface area contributed by atoms with Crippen LogP contribution in [-0.4, -0.2) is 57.5 Å². The molecule has 9 nitrogen and oxygen atoms in total. The molecule has 11 heteroatoms. The van der Waals surface area contributed by atoms with Gasteiger partial charge < -0.3 is 20.3 Å². The molecule has 0 spiro atoms. The number of aromatic nitrogens is 3. The number of anilines is 1. The van der Waals surface area contributed by atoms with Crippen LogP contribution in [0, 0.1) is 13.8 Å². The van der Waals surface area contributed by atoms with Gasteiger partial charge in [0.05, 0.1) is 28.6 Å². The molecule has 3 aromatic rings. The zero-order valence-corrected chi connectivity index (χ0v) is 22.6. The lowest BCUT2D eigenvalue weighted by molar-refractivity contribution is -0.119. The topological polar surface area (TPSA) is 109 Å². The fraction of sp³-hybridized carbons (Fsp3) is 0.423. The molecule has 2 N–H and O–H groups in total. The van der Waals surface area contributed by atoms with Crippen molar-refractivity contribution in [3.8, 4) is 11.3 Å². The summed E-state index contributed by atoms with van der Waals surface area (Å²) in [5.74, 6) is 0.250. The second-order valence-electron chi connectivity index (χ2n) is 9.43. The summed E-state index contributed by atoms with van der Waals surface area (Å²) >= 11 is 8.02. The van der Waals surface area contributed by atoms with E-state index in [2.05, 4.69) is 25.6 Å². The number of halogens is 1. The van der Waals surface area contributed by atoms with Gasteiger partial charge in [-0.05, 0) is 38.3 Å². The Kier molecular flexibility index (Phi) is 7.41. The lowest BCUT2D eigenvalue weighted by Gasteiger charge is -2.23. The number of amides is 2. The van der Waals surface area contributed by atoms with Crippen molar-refractivity contribution in [2.75, 3.05) is 25.1 Å². The number of rotatable bonds is 7. The van der Waals surface area contributed by atoms with Crippen molar-refractivity contribution in [1.29, 1.82) is 0 Å². The first-order valence-corrected chi connectivity index (χ1v) is 13.5. The molecule has 4 heterocycles. The third-order valence-corrected chi connectivity index (χ3v) is 8.15. The zero-order chi connectivity index (χ0) is 26.1. The Morgan fingerprint density at radius 3 is 2.76 bits per heavy atom.